The first-order valence-corrected chi connectivity index (χ1v) is 11.0. The summed E-state index contributed by atoms with van der Waals surface area (Å²) in [6.07, 6.45) is 6.29. The van der Waals surface area contributed by atoms with Gasteiger partial charge in [-0.3, -0.25) is 9.78 Å². The quantitative estimate of drug-likeness (QED) is 0.563. The maximum Gasteiger partial charge on any atom is 0.250 e. The molecule has 0 radical (unpaired) electrons. The summed E-state index contributed by atoms with van der Waals surface area (Å²) in [5.74, 6) is 0. The van der Waals surface area contributed by atoms with Gasteiger partial charge < -0.3 is 19.8 Å². The van der Waals surface area contributed by atoms with Crippen LogP contribution in [0, 0.1) is 6.92 Å². The number of anilines is 1. The van der Waals surface area contributed by atoms with E-state index in [-0.39, 0.29) is 5.56 Å². The van der Waals surface area contributed by atoms with Crippen LogP contribution in [-0.2, 0) is 9.47 Å². The van der Waals surface area contributed by atoms with E-state index in [1.54, 1.807) is 24.5 Å². The SMILES string of the molecule is COCCO[C@H]1CC[C@@H](Nc2cc(=O)[nH]c3c(C)cc(-c4cncs4)cc23)CC1. The van der Waals surface area contributed by atoms with E-state index < -0.39 is 0 Å². The van der Waals surface area contributed by atoms with Crippen molar-refractivity contribution in [3.8, 4) is 10.4 Å². The van der Waals surface area contributed by atoms with Crippen LogP contribution in [0.1, 0.15) is 31.2 Å². The van der Waals surface area contributed by atoms with Gasteiger partial charge in [0.25, 0.3) is 0 Å². The number of nitrogens with zero attached hydrogens (tertiary/aromatic N) is 1. The van der Waals surface area contributed by atoms with Crippen molar-refractivity contribution in [1.82, 2.24) is 9.97 Å². The lowest BCUT2D eigenvalue weighted by atomic mass is 9.92. The summed E-state index contributed by atoms with van der Waals surface area (Å²) in [6.45, 7) is 3.32. The molecule has 29 heavy (non-hydrogen) atoms. The van der Waals surface area contributed by atoms with Gasteiger partial charge in [0.15, 0.2) is 0 Å². The Labute approximate surface area is 174 Å². The zero-order valence-corrected chi connectivity index (χ0v) is 17.7. The minimum atomic E-state index is -0.0785. The van der Waals surface area contributed by atoms with E-state index in [1.807, 2.05) is 18.6 Å². The number of pyridine rings is 1. The highest BCUT2D eigenvalue weighted by Crippen LogP contribution is 2.33. The fourth-order valence-corrected chi connectivity index (χ4v) is 4.66. The normalized spacial score (nSPS) is 19.5. The minimum absolute atomic E-state index is 0.0785. The van der Waals surface area contributed by atoms with E-state index in [1.165, 1.54) is 0 Å². The summed E-state index contributed by atoms with van der Waals surface area (Å²) in [5, 5.41) is 4.69. The monoisotopic (exact) mass is 413 g/mol. The van der Waals surface area contributed by atoms with E-state index >= 15 is 0 Å². The number of nitrogens with one attached hydrogen (secondary N) is 2. The zero-order valence-electron chi connectivity index (χ0n) is 16.9. The first kappa shape index (κ1) is 20.1. The Balaban J connectivity index is 1.55. The molecular formula is C22H27N3O3S. The van der Waals surface area contributed by atoms with Gasteiger partial charge in [-0.05, 0) is 55.9 Å². The largest absolute Gasteiger partial charge is 0.382 e. The van der Waals surface area contributed by atoms with Gasteiger partial charge in [0.1, 0.15) is 0 Å². The molecule has 2 heterocycles. The summed E-state index contributed by atoms with van der Waals surface area (Å²) >= 11 is 1.62. The third kappa shape index (κ3) is 4.69. The van der Waals surface area contributed by atoms with Crippen LogP contribution < -0.4 is 10.9 Å². The van der Waals surface area contributed by atoms with Crippen molar-refractivity contribution in [1.29, 1.82) is 0 Å². The number of aromatic nitrogens is 2. The predicted octanol–water partition coefficient (Wildman–Crippen LogP) is 4.35. The van der Waals surface area contributed by atoms with Crippen molar-refractivity contribution in [3.63, 3.8) is 0 Å². The second kappa shape index (κ2) is 9.07. The van der Waals surface area contributed by atoms with Gasteiger partial charge in [0.05, 0.1) is 35.2 Å². The van der Waals surface area contributed by atoms with Crippen LogP contribution in [0.25, 0.3) is 21.3 Å². The summed E-state index contributed by atoms with van der Waals surface area (Å²) in [6, 6.07) is 6.28. The molecule has 2 aromatic heterocycles. The maximum absolute atomic E-state index is 12.3. The Morgan fingerprint density at radius 2 is 2.03 bits per heavy atom. The molecule has 4 rings (SSSR count). The fourth-order valence-electron chi connectivity index (χ4n) is 4.05. The van der Waals surface area contributed by atoms with Crippen molar-refractivity contribution >= 4 is 27.9 Å². The highest BCUT2D eigenvalue weighted by atomic mass is 32.1. The van der Waals surface area contributed by atoms with Crippen molar-refractivity contribution in [2.45, 2.75) is 44.8 Å². The summed E-state index contributed by atoms with van der Waals surface area (Å²) in [5.41, 5.74) is 5.75. The van der Waals surface area contributed by atoms with Gasteiger partial charge >= 0.3 is 0 Å². The smallest absolute Gasteiger partial charge is 0.250 e. The van der Waals surface area contributed by atoms with Crippen LogP contribution >= 0.6 is 11.3 Å². The molecule has 1 aliphatic carbocycles. The molecule has 7 heteroatoms. The molecule has 3 aromatic rings. The number of benzene rings is 1. The van der Waals surface area contributed by atoms with Gasteiger partial charge in [-0.25, -0.2) is 0 Å². The van der Waals surface area contributed by atoms with Gasteiger partial charge in [-0.1, -0.05) is 0 Å². The average molecular weight is 414 g/mol. The number of rotatable bonds is 7. The lowest BCUT2D eigenvalue weighted by Crippen LogP contribution is -2.30. The molecular weight excluding hydrogens is 386 g/mol. The fraction of sp³-hybridized carbons (Fsp3) is 0.455. The van der Waals surface area contributed by atoms with E-state index in [2.05, 4.69) is 27.4 Å². The van der Waals surface area contributed by atoms with E-state index in [0.29, 0.717) is 25.4 Å². The molecule has 154 valence electrons. The number of aryl methyl sites for hydroxylation is 1. The molecule has 0 saturated heterocycles. The van der Waals surface area contributed by atoms with Crippen LogP contribution in [0.2, 0.25) is 0 Å². The highest BCUT2D eigenvalue weighted by molar-refractivity contribution is 7.13. The molecule has 6 nitrogen and oxygen atoms in total. The number of aromatic amines is 1. The van der Waals surface area contributed by atoms with Crippen molar-refractivity contribution < 1.29 is 9.47 Å². The summed E-state index contributed by atoms with van der Waals surface area (Å²) < 4.78 is 10.9. The Morgan fingerprint density at radius 3 is 2.76 bits per heavy atom. The molecule has 0 unspecified atom stereocenters. The van der Waals surface area contributed by atoms with Crippen LogP contribution in [-0.4, -0.2) is 42.4 Å². The highest BCUT2D eigenvalue weighted by Gasteiger charge is 2.22. The molecule has 0 atom stereocenters. The van der Waals surface area contributed by atoms with Crippen LogP contribution in [0.4, 0.5) is 5.69 Å². The van der Waals surface area contributed by atoms with Crippen LogP contribution in [0.3, 0.4) is 0 Å². The Bertz CT molecular complexity index is 1010. The average Bonchev–Trinajstić information content (AvgIpc) is 3.25. The lowest BCUT2D eigenvalue weighted by molar-refractivity contribution is -0.00154. The van der Waals surface area contributed by atoms with Gasteiger partial charge in [0, 0.05) is 36.5 Å². The number of hydrogen-bond acceptors (Lipinski definition) is 6. The second-order valence-corrected chi connectivity index (χ2v) is 8.50. The zero-order chi connectivity index (χ0) is 20.2. The van der Waals surface area contributed by atoms with Gasteiger partial charge in [-0.15, -0.1) is 11.3 Å². The number of fused-ring (bicyclic) bond motifs is 1. The third-order valence-electron chi connectivity index (χ3n) is 5.54. The van der Waals surface area contributed by atoms with Crippen molar-refractivity contribution in [2.24, 2.45) is 0 Å². The maximum atomic E-state index is 12.3. The van der Waals surface area contributed by atoms with Crippen molar-refractivity contribution in [3.05, 3.63) is 45.8 Å². The summed E-state index contributed by atoms with van der Waals surface area (Å²) in [7, 11) is 1.69. The molecule has 2 N–H and O–H groups in total. The number of methoxy groups -OCH3 is 1. The predicted molar refractivity (Wildman–Crippen MR) is 118 cm³/mol. The Hall–Kier alpha value is -2.22. The molecule has 0 amide bonds. The molecule has 1 aromatic carbocycles. The van der Waals surface area contributed by atoms with Gasteiger partial charge in [0.2, 0.25) is 5.56 Å². The molecule has 1 saturated carbocycles. The Morgan fingerprint density at radius 1 is 1.21 bits per heavy atom. The number of ether oxygens (including phenoxy) is 2. The Kier molecular flexibility index (Phi) is 6.28. The molecule has 0 aliphatic heterocycles. The van der Waals surface area contributed by atoms with Crippen LogP contribution in [0.5, 0.6) is 0 Å². The number of hydrogen-bond donors (Lipinski definition) is 2. The summed E-state index contributed by atoms with van der Waals surface area (Å²) in [4.78, 5) is 20.6. The third-order valence-corrected chi connectivity index (χ3v) is 6.36. The van der Waals surface area contributed by atoms with Crippen LogP contribution in [0.15, 0.2) is 34.7 Å². The van der Waals surface area contributed by atoms with E-state index in [4.69, 9.17) is 9.47 Å². The number of thiazole rings is 1. The standard InChI is InChI=1S/C22H27N3O3S/c1-14-9-15(20-12-23-13-29-20)10-18-19(11-21(26)25-22(14)18)24-16-3-5-17(6-4-16)28-8-7-27-2/h9-13,16-17H,3-8H2,1-2H3,(H2,24,25,26)/t16-,17+. The van der Waals surface area contributed by atoms with E-state index in [0.717, 1.165) is 58.3 Å². The van der Waals surface area contributed by atoms with Crippen molar-refractivity contribution in [2.75, 3.05) is 25.6 Å². The first-order valence-electron chi connectivity index (χ1n) is 10.1. The topological polar surface area (TPSA) is 76.2 Å². The molecule has 1 aliphatic rings. The number of H-pyrrole nitrogens is 1. The van der Waals surface area contributed by atoms with Gasteiger partial charge in [-0.2, -0.15) is 0 Å². The first-order chi connectivity index (χ1) is 14.1. The molecule has 0 spiro atoms. The molecule has 1 fully saturated rings. The lowest BCUT2D eigenvalue weighted by Gasteiger charge is -2.30. The second-order valence-electron chi connectivity index (χ2n) is 7.61. The van der Waals surface area contributed by atoms with E-state index in [9.17, 15) is 4.79 Å². The minimum Gasteiger partial charge on any atom is -0.382 e. The molecule has 0 bridgehead atoms.